The molecular weight excluding hydrogens is 392 g/mol. The highest BCUT2D eigenvalue weighted by atomic mass is 16.5. The molecule has 0 amide bonds. The quantitative estimate of drug-likeness (QED) is 0.452. The summed E-state index contributed by atoms with van der Waals surface area (Å²) >= 11 is 0. The van der Waals surface area contributed by atoms with Crippen LogP contribution in [0.1, 0.15) is 37.1 Å². The maximum atomic E-state index is 5.80. The van der Waals surface area contributed by atoms with Crippen molar-refractivity contribution in [3.05, 3.63) is 66.4 Å². The maximum absolute atomic E-state index is 5.80. The lowest BCUT2D eigenvalue weighted by molar-refractivity contribution is 0.401. The first-order valence-corrected chi connectivity index (χ1v) is 10.2. The summed E-state index contributed by atoms with van der Waals surface area (Å²) in [5.74, 6) is 2.29. The number of pyridine rings is 1. The van der Waals surface area contributed by atoms with Gasteiger partial charge in [-0.25, -0.2) is 9.97 Å². The maximum Gasteiger partial charge on any atom is 0.263 e. The number of nitrogens with zero attached hydrogens (tertiary/aromatic N) is 5. The highest BCUT2D eigenvalue weighted by Gasteiger charge is 2.18. The number of hydrogen-bond donors (Lipinski definition) is 1. The first-order valence-electron chi connectivity index (χ1n) is 10.2. The van der Waals surface area contributed by atoms with E-state index in [-0.39, 0.29) is 5.95 Å². The molecule has 0 spiro atoms. The summed E-state index contributed by atoms with van der Waals surface area (Å²) in [6.45, 7) is 2.18. The van der Waals surface area contributed by atoms with E-state index in [1.165, 1.54) is 5.56 Å². The zero-order valence-electron chi connectivity index (χ0n) is 17.5. The molecule has 0 saturated heterocycles. The third kappa shape index (κ3) is 4.53. The molecule has 3 aromatic heterocycles. The summed E-state index contributed by atoms with van der Waals surface area (Å²) in [5.41, 5.74) is 9.60. The van der Waals surface area contributed by atoms with Crippen molar-refractivity contribution >= 4 is 5.95 Å². The molecule has 4 aromatic rings. The first kappa shape index (κ1) is 20.5. The van der Waals surface area contributed by atoms with Crippen LogP contribution in [0.2, 0.25) is 0 Å². The minimum atomic E-state index is 0.269. The Morgan fingerprint density at radius 2 is 1.94 bits per heavy atom. The van der Waals surface area contributed by atoms with Gasteiger partial charge in [0.05, 0.1) is 12.8 Å². The summed E-state index contributed by atoms with van der Waals surface area (Å²) in [6, 6.07) is 11.9. The zero-order valence-corrected chi connectivity index (χ0v) is 17.5. The van der Waals surface area contributed by atoms with Gasteiger partial charge in [-0.05, 0) is 36.5 Å². The monoisotopic (exact) mass is 416 g/mol. The number of benzene rings is 1. The molecule has 2 N–H and O–H groups in total. The normalized spacial score (nSPS) is 11.9. The van der Waals surface area contributed by atoms with Crippen molar-refractivity contribution in [3.63, 3.8) is 0 Å². The van der Waals surface area contributed by atoms with E-state index in [1.54, 1.807) is 31.8 Å². The summed E-state index contributed by atoms with van der Waals surface area (Å²) < 4.78 is 10.8. The second-order valence-corrected chi connectivity index (χ2v) is 7.12. The predicted molar refractivity (Wildman–Crippen MR) is 117 cm³/mol. The Morgan fingerprint density at radius 1 is 1.06 bits per heavy atom. The highest BCUT2D eigenvalue weighted by molar-refractivity contribution is 5.65. The van der Waals surface area contributed by atoms with Crippen LogP contribution in [0.4, 0.5) is 5.95 Å². The fourth-order valence-corrected chi connectivity index (χ4v) is 3.68. The largest absolute Gasteiger partial charge is 0.496 e. The molecule has 0 aliphatic rings. The van der Waals surface area contributed by atoms with E-state index < -0.39 is 0 Å². The van der Waals surface area contributed by atoms with E-state index in [9.17, 15) is 0 Å². The van der Waals surface area contributed by atoms with Crippen LogP contribution in [-0.4, -0.2) is 32.2 Å². The van der Waals surface area contributed by atoms with Crippen LogP contribution in [0, 0.1) is 0 Å². The van der Waals surface area contributed by atoms with Gasteiger partial charge in [0.2, 0.25) is 5.95 Å². The van der Waals surface area contributed by atoms with Gasteiger partial charge in [0.1, 0.15) is 11.3 Å². The second kappa shape index (κ2) is 9.34. The predicted octanol–water partition coefficient (Wildman–Crippen LogP) is 4.31. The van der Waals surface area contributed by atoms with Gasteiger partial charge >= 0.3 is 0 Å². The third-order valence-electron chi connectivity index (χ3n) is 5.26. The van der Waals surface area contributed by atoms with E-state index in [0.29, 0.717) is 35.4 Å². The standard InChI is InChI=1S/C23H24N6O2/c1-3-15(16-6-4-5-7-17(16)19-10-13-26-23(24)27-19)8-9-21-28-22(31-29-21)18-14-25-12-11-20(18)30-2/h4-7,10-15H,3,8-9H2,1-2H3,(H2,24,26,27). The number of aromatic nitrogens is 5. The van der Waals surface area contributed by atoms with Crippen LogP contribution < -0.4 is 10.5 Å². The Bertz CT molecular complexity index is 1160. The molecule has 0 bridgehead atoms. The molecule has 31 heavy (non-hydrogen) atoms. The Hall–Kier alpha value is -3.81. The van der Waals surface area contributed by atoms with Crippen LogP contribution in [0.3, 0.4) is 0 Å². The van der Waals surface area contributed by atoms with E-state index in [2.05, 4.69) is 44.1 Å². The Balaban J connectivity index is 1.54. The molecule has 0 fully saturated rings. The molecule has 1 aromatic carbocycles. The number of nitrogen functional groups attached to an aromatic ring is 1. The van der Waals surface area contributed by atoms with Crippen molar-refractivity contribution in [2.24, 2.45) is 0 Å². The topological polar surface area (TPSA) is 113 Å². The lowest BCUT2D eigenvalue weighted by atomic mass is 9.87. The molecule has 4 rings (SSSR count). The van der Waals surface area contributed by atoms with Crippen LogP contribution in [0.15, 0.2) is 59.5 Å². The SMILES string of the molecule is CCC(CCc1noc(-c2cnccc2OC)n1)c1ccccc1-c1ccnc(N)n1. The Labute approximate surface area is 180 Å². The number of rotatable bonds is 8. The summed E-state index contributed by atoms with van der Waals surface area (Å²) in [6.07, 6.45) is 7.53. The van der Waals surface area contributed by atoms with Gasteiger partial charge in [-0.2, -0.15) is 4.98 Å². The molecule has 8 heteroatoms. The molecule has 1 atom stereocenters. The van der Waals surface area contributed by atoms with Crippen LogP contribution in [-0.2, 0) is 6.42 Å². The smallest absolute Gasteiger partial charge is 0.263 e. The lowest BCUT2D eigenvalue weighted by Gasteiger charge is -2.18. The third-order valence-corrected chi connectivity index (χ3v) is 5.26. The van der Waals surface area contributed by atoms with E-state index in [0.717, 1.165) is 24.1 Å². The van der Waals surface area contributed by atoms with Crippen LogP contribution in [0.5, 0.6) is 5.75 Å². The van der Waals surface area contributed by atoms with E-state index >= 15 is 0 Å². The lowest BCUT2D eigenvalue weighted by Crippen LogP contribution is -2.04. The van der Waals surface area contributed by atoms with Crippen molar-refractivity contribution < 1.29 is 9.26 Å². The van der Waals surface area contributed by atoms with Gasteiger partial charge in [0, 0.05) is 30.6 Å². The van der Waals surface area contributed by atoms with Crippen LogP contribution >= 0.6 is 0 Å². The molecule has 158 valence electrons. The van der Waals surface area contributed by atoms with Gasteiger partial charge in [-0.1, -0.05) is 36.3 Å². The summed E-state index contributed by atoms with van der Waals surface area (Å²) in [4.78, 5) is 17.1. The van der Waals surface area contributed by atoms with Crippen LogP contribution in [0.25, 0.3) is 22.7 Å². The van der Waals surface area contributed by atoms with Crippen molar-refractivity contribution in [1.29, 1.82) is 0 Å². The molecule has 0 aliphatic heterocycles. The van der Waals surface area contributed by atoms with Gasteiger partial charge in [-0.15, -0.1) is 0 Å². The van der Waals surface area contributed by atoms with Crippen molar-refractivity contribution in [2.75, 3.05) is 12.8 Å². The number of nitrogens with two attached hydrogens (primary N) is 1. The second-order valence-electron chi connectivity index (χ2n) is 7.12. The molecule has 0 radical (unpaired) electrons. The fourth-order valence-electron chi connectivity index (χ4n) is 3.68. The fraction of sp³-hybridized carbons (Fsp3) is 0.261. The molecule has 3 heterocycles. The van der Waals surface area contributed by atoms with Gasteiger partial charge in [0.15, 0.2) is 5.82 Å². The average molecular weight is 416 g/mol. The zero-order chi connectivity index (χ0) is 21.6. The molecule has 1 unspecified atom stereocenters. The first-order chi connectivity index (χ1) is 15.2. The average Bonchev–Trinajstić information content (AvgIpc) is 3.28. The highest BCUT2D eigenvalue weighted by Crippen LogP contribution is 2.33. The number of methoxy groups -OCH3 is 1. The molecule has 8 nitrogen and oxygen atoms in total. The minimum Gasteiger partial charge on any atom is -0.496 e. The molecule has 0 saturated carbocycles. The summed E-state index contributed by atoms with van der Waals surface area (Å²) in [5, 5.41) is 4.15. The number of aryl methyl sites for hydroxylation is 1. The minimum absolute atomic E-state index is 0.269. The molecular formula is C23H24N6O2. The Morgan fingerprint density at radius 3 is 2.74 bits per heavy atom. The van der Waals surface area contributed by atoms with Gasteiger partial charge < -0.3 is 15.0 Å². The van der Waals surface area contributed by atoms with Gasteiger partial charge in [0.25, 0.3) is 5.89 Å². The van der Waals surface area contributed by atoms with Gasteiger partial charge in [-0.3, -0.25) is 4.98 Å². The summed E-state index contributed by atoms with van der Waals surface area (Å²) in [7, 11) is 1.60. The number of hydrogen-bond acceptors (Lipinski definition) is 8. The van der Waals surface area contributed by atoms with Crippen molar-refractivity contribution in [2.45, 2.75) is 32.1 Å². The Kier molecular flexibility index (Phi) is 6.16. The van der Waals surface area contributed by atoms with Crippen molar-refractivity contribution in [1.82, 2.24) is 25.1 Å². The number of anilines is 1. The van der Waals surface area contributed by atoms with E-state index in [1.807, 2.05) is 18.2 Å². The number of ether oxygens (including phenoxy) is 1. The van der Waals surface area contributed by atoms with E-state index in [4.69, 9.17) is 15.0 Å². The molecule has 0 aliphatic carbocycles. The van der Waals surface area contributed by atoms with Crippen molar-refractivity contribution in [3.8, 4) is 28.5 Å².